The molecule has 0 N–H and O–H groups in total. The second kappa shape index (κ2) is 7.90. The van der Waals surface area contributed by atoms with Crippen molar-refractivity contribution in [3.8, 4) is 11.5 Å². The maximum absolute atomic E-state index is 14.3. The van der Waals surface area contributed by atoms with Crippen LogP contribution < -0.4 is 9.47 Å². The highest BCUT2D eigenvalue weighted by atomic mass is 19.1. The normalized spacial score (nSPS) is 13.5. The first-order chi connectivity index (χ1) is 12.5. The lowest BCUT2D eigenvalue weighted by molar-refractivity contribution is -0.134. The summed E-state index contributed by atoms with van der Waals surface area (Å²) in [6.07, 6.45) is 3.22. The molecule has 1 aliphatic carbocycles. The zero-order valence-corrected chi connectivity index (χ0v) is 15.6. The predicted molar refractivity (Wildman–Crippen MR) is 99.2 cm³/mol. The van der Waals surface area contributed by atoms with E-state index in [0.717, 1.165) is 35.1 Å². The summed E-state index contributed by atoms with van der Waals surface area (Å²) in [5.41, 5.74) is 3.61. The molecule has 138 valence electrons. The van der Waals surface area contributed by atoms with Crippen molar-refractivity contribution >= 4 is 5.97 Å². The van der Waals surface area contributed by atoms with Crippen LogP contribution in [0.15, 0.2) is 30.3 Å². The zero-order valence-electron chi connectivity index (χ0n) is 15.6. The Morgan fingerprint density at radius 1 is 1.19 bits per heavy atom. The van der Waals surface area contributed by atoms with E-state index in [1.165, 1.54) is 6.07 Å². The lowest BCUT2D eigenvalue weighted by Crippen LogP contribution is -2.10. The molecule has 0 bridgehead atoms. The summed E-state index contributed by atoms with van der Waals surface area (Å²) in [7, 11) is 0. The SMILES string of the molecule is CCC(=O)Oc1cccc(C)c1COc1cc(F)c(CC)cc1C1CC1. The Labute approximate surface area is 154 Å². The minimum Gasteiger partial charge on any atom is -0.488 e. The fourth-order valence-corrected chi connectivity index (χ4v) is 3.03. The third-order valence-electron chi connectivity index (χ3n) is 4.83. The van der Waals surface area contributed by atoms with Gasteiger partial charge in [-0.2, -0.15) is 0 Å². The molecule has 1 saturated carbocycles. The minimum absolute atomic E-state index is 0.227. The van der Waals surface area contributed by atoms with Gasteiger partial charge < -0.3 is 9.47 Å². The number of carbonyl (C=O) groups excluding carboxylic acids is 1. The maximum Gasteiger partial charge on any atom is 0.310 e. The van der Waals surface area contributed by atoms with Gasteiger partial charge in [0.1, 0.15) is 23.9 Å². The van der Waals surface area contributed by atoms with Crippen LogP contribution in [0.3, 0.4) is 0 Å². The molecule has 3 rings (SSSR count). The van der Waals surface area contributed by atoms with Gasteiger partial charge in [0.2, 0.25) is 0 Å². The van der Waals surface area contributed by atoms with Gasteiger partial charge in [-0.25, -0.2) is 4.39 Å². The number of hydrogen-bond donors (Lipinski definition) is 0. The highest BCUT2D eigenvalue weighted by molar-refractivity contribution is 5.72. The van der Waals surface area contributed by atoms with Crippen molar-refractivity contribution in [2.75, 3.05) is 0 Å². The Bertz CT molecular complexity index is 809. The summed E-state index contributed by atoms with van der Waals surface area (Å²) in [5.74, 6) is 1.06. The molecule has 0 spiro atoms. The number of halogens is 1. The molecule has 0 unspecified atom stereocenters. The molecule has 0 aromatic heterocycles. The van der Waals surface area contributed by atoms with Crippen molar-refractivity contribution in [1.82, 2.24) is 0 Å². The van der Waals surface area contributed by atoms with Crippen LogP contribution in [0, 0.1) is 12.7 Å². The van der Waals surface area contributed by atoms with Gasteiger partial charge in [-0.3, -0.25) is 4.79 Å². The second-order valence-corrected chi connectivity index (χ2v) is 6.78. The molecule has 26 heavy (non-hydrogen) atoms. The minimum atomic E-state index is -0.283. The lowest BCUT2D eigenvalue weighted by atomic mass is 10.0. The first-order valence-electron chi connectivity index (χ1n) is 9.27. The average Bonchev–Trinajstić information content (AvgIpc) is 3.46. The fourth-order valence-electron chi connectivity index (χ4n) is 3.03. The number of benzene rings is 2. The standard InChI is InChI=1S/C22H25FO3/c1-4-15-11-17(16-9-10-16)21(12-19(15)23)25-13-18-14(3)7-6-8-20(18)26-22(24)5-2/h6-8,11-12,16H,4-5,9-10,13H2,1-3H3. The van der Waals surface area contributed by atoms with Gasteiger partial charge >= 0.3 is 5.97 Å². The van der Waals surface area contributed by atoms with Gasteiger partial charge in [0.15, 0.2) is 0 Å². The quantitative estimate of drug-likeness (QED) is 0.487. The van der Waals surface area contributed by atoms with Gasteiger partial charge in [-0.05, 0) is 60.9 Å². The van der Waals surface area contributed by atoms with Crippen LogP contribution in [-0.4, -0.2) is 5.97 Å². The third kappa shape index (κ3) is 4.06. The van der Waals surface area contributed by atoms with E-state index >= 15 is 0 Å². The summed E-state index contributed by atoms with van der Waals surface area (Å²) in [5, 5.41) is 0. The Kier molecular flexibility index (Phi) is 5.60. The molecule has 0 radical (unpaired) electrons. The molecule has 0 heterocycles. The fraction of sp³-hybridized carbons (Fsp3) is 0.409. The third-order valence-corrected chi connectivity index (χ3v) is 4.83. The first kappa shape index (κ1) is 18.4. The first-order valence-corrected chi connectivity index (χ1v) is 9.27. The lowest BCUT2D eigenvalue weighted by Gasteiger charge is -2.16. The predicted octanol–water partition coefficient (Wildman–Crippen LogP) is 5.47. The molecule has 2 aromatic rings. The Balaban J connectivity index is 1.85. The molecule has 1 fully saturated rings. The molecular formula is C22H25FO3. The van der Waals surface area contributed by atoms with E-state index in [0.29, 0.717) is 30.3 Å². The number of ether oxygens (including phenoxy) is 2. The summed E-state index contributed by atoms with van der Waals surface area (Å²) >= 11 is 0. The number of esters is 1. The van der Waals surface area contributed by atoms with Gasteiger partial charge in [-0.15, -0.1) is 0 Å². The highest BCUT2D eigenvalue weighted by Gasteiger charge is 2.28. The van der Waals surface area contributed by atoms with Gasteiger partial charge in [0.25, 0.3) is 0 Å². The van der Waals surface area contributed by atoms with Gasteiger partial charge in [-0.1, -0.05) is 26.0 Å². The van der Waals surface area contributed by atoms with E-state index in [-0.39, 0.29) is 18.4 Å². The topological polar surface area (TPSA) is 35.5 Å². The molecule has 0 aliphatic heterocycles. The van der Waals surface area contributed by atoms with Crippen molar-refractivity contribution in [3.05, 3.63) is 58.4 Å². The molecular weight excluding hydrogens is 331 g/mol. The number of rotatable bonds is 7. The molecule has 3 nitrogen and oxygen atoms in total. The van der Waals surface area contributed by atoms with Crippen molar-refractivity contribution in [2.45, 2.75) is 59.0 Å². The molecule has 0 amide bonds. The number of aryl methyl sites for hydroxylation is 2. The summed E-state index contributed by atoms with van der Waals surface area (Å²) < 4.78 is 25.7. The van der Waals surface area contributed by atoms with E-state index in [1.54, 1.807) is 13.0 Å². The number of carbonyl (C=O) groups is 1. The van der Waals surface area contributed by atoms with E-state index in [1.807, 2.05) is 32.0 Å². The van der Waals surface area contributed by atoms with Gasteiger partial charge in [0, 0.05) is 18.1 Å². The van der Waals surface area contributed by atoms with Crippen LogP contribution in [0.1, 0.15) is 61.3 Å². The molecule has 2 aromatic carbocycles. The summed E-state index contributed by atoms with van der Waals surface area (Å²) in [6.45, 7) is 5.90. The van der Waals surface area contributed by atoms with Crippen LogP contribution in [0.4, 0.5) is 4.39 Å². The Hall–Kier alpha value is -2.36. The summed E-state index contributed by atoms with van der Waals surface area (Å²) in [6, 6.07) is 9.01. The smallest absolute Gasteiger partial charge is 0.310 e. The molecule has 1 aliphatic rings. The van der Waals surface area contributed by atoms with Crippen molar-refractivity contribution in [3.63, 3.8) is 0 Å². The van der Waals surface area contributed by atoms with E-state index in [4.69, 9.17) is 9.47 Å². The van der Waals surface area contributed by atoms with Crippen LogP contribution >= 0.6 is 0 Å². The van der Waals surface area contributed by atoms with Crippen molar-refractivity contribution in [1.29, 1.82) is 0 Å². The van der Waals surface area contributed by atoms with E-state index < -0.39 is 0 Å². The van der Waals surface area contributed by atoms with Crippen LogP contribution in [0.25, 0.3) is 0 Å². The van der Waals surface area contributed by atoms with Crippen LogP contribution in [-0.2, 0) is 17.8 Å². The largest absolute Gasteiger partial charge is 0.488 e. The van der Waals surface area contributed by atoms with Crippen molar-refractivity contribution in [2.24, 2.45) is 0 Å². The maximum atomic E-state index is 14.3. The van der Waals surface area contributed by atoms with Crippen LogP contribution in [0.2, 0.25) is 0 Å². The van der Waals surface area contributed by atoms with Crippen LogP contribution in [0.5, 0.6) is 11.5 Å². The van der Waals surface area contributed by atoms with E-state index in [2.05, 4.69) is 0 Å². The monoisotopic (exact) mass is 356 g/mol. The Morgan fingerprint density at radius 2 is 1.96 bits per heavy atom. The van der Waals surface area contributed by atoms with Gasteiger partial charge in [0.05, 0.1) is 0 Å². The van der Waals surface area contributed by atoms with E-state index in [9.17, 15) is 9.18 Å². The second-order valence-electron chi connectivity index (χ2n) is 6.78. The molecule has 0 atom stereocenters. The molecule has 0 saturated heterocycles. The number of hydrogen-bond acceptors (Lipinski definition) is 3. The zero-order chi connectivity index (χ0) is 18.7. The molecule has 4 heteroatoms. The Morgan fingerprint density at radius 3 is 2.62 bits per heavy atom. The average molecular weight is 356 g/mol. The summed E-state index contributed by atoms with van der Waals surface area (Å²) in [4.78, 5) is 11.7. The highest BCUT2D eigenvalue weighted by Crippen LogP contribution is 2.45. The van der Waals surface area contributed by atoms with Crippen molar-refractivity contribution < 1.29 is 18.7 Å².